The molecule has 9 nitrogen and oxygen atoms in total. The van der Waals surface area contributed by atoms with Crippen molar-refractivity contribution in [2.75, 3.05) is 13.2 Å². The maximum absolute atomic E-state index is 14.5. The first-order valence-electron chi connectivity index (χ1n) is 10.8. The Kier molecular flexibility index (Phi) is 10.4. The van der Waals surface area contributed by atoms with Crippen molar-refractivity contribution in [1.29, 1.82) is 5.26 Å². The highest BCUT2D eigenvalue weighted by molar-refractivity contribution is 6.30. The van der Waals surface area contributed by atoms with Crippen LogP contribution in [0.15, 0.2) is 41.6 Å². The normalized spacial score (nSPS) is 11.0. The number of benzene rings is 1. The van der Waals surface area contributed by atoms with Crippen molar-refractivity contribution in [2.45, 2.75) is 32.7 Å². The number of aromatic nitrogens is 3. The van der Waals surface area contributed by atoms with Crippen LogP contribution in [0.2, 0.25) is 5.02 Å². The molecule has 0 aliphatic carbocycles. The molecule has 0 amide bonds. The van der Waals surface area contributed by atoms with Gasteiger partial charge in [-0.25, -0.2) is 18.2 Å². The number of ether oxygens (including phenoxy) is 2. The minimum absolute atomic E-state index is 0.0183. The van der Waals surface area contributed by atoms with Crippen molar-refractivity contribution < 1.29 is 46.5 Å². The lowest BCUT2D eigenvalue weighted by Gasteiger charge is -2.19. The average molecular weight is 564 g/mol. The van der Waals surface area contributed by atoms with Crippen LogP contribution in [0.4, 0.5) is 22.0 Å². The van der Waals surface area contributed by atoms with E-state index in [9.17, 15) is 32.0 Å². The summed E-state index contributed by atoms with van der Waals surface area (Å²) in [6, 6.07) is 5.73. The Hall–Kier alpha value is -3.96. The molecule has 2 N–H and O–H groups in total. The molecule has 38 heavy (non-hydrogen) atoms. The standard InChI is InChI=1S/C21H15ClF5N4O5.C2H6/c22-12-5-11(7-28)16(23)15(6-12)36-17-18(21(26,27)20(24)25)29-10-30(19(17)33)8-13-1-2-14(9-31(13)34)35-4-3-32;1-2/h1-2,5-6,9-10,20,32,34H,3-4,8H2;1-2H3/q+1;. The lowest BCUT2D eigenvalue weighted by Crippen LogP contribution is -2.38. The third-order valence-electron chi connectivity index (χ3n) is 4.60. The van der Waals surface area contributed by atoms with E-state index >= 15 is 0 Å². The number of pyridine rings is 1. The number of halogens is 6. The zero-order valence-corrected chi connectivity index (χ0v) is 20.6. The molecule has 0 spiro atoms. The number of aliphatic hydroxyl groups is 1. The van der Waals surface area contributed by atoms with E-state index in [1.54, 1.807) is 0 Å². The molecule has 0 aliphatic heterocycles. The van der Waals surface area contributed by atoms with E-state index in [0.29, 0.717) is 15.6 Å². The highest BCUT2D eigenvalue weighted by atomic mass is 35.5. The van der Waals surface area contributed by atoms with Gasteiger partial charge in [0.05, 0.1) is 18.5 Å². The number of rotatable bonds is 9. The van der Waals surface area contributed by atoms with E-state index in [0.717, 1.165) is 18.3 Å². The molecule has 3 aromatic rings. The summed E-state index contributed by atoms with van der Waals surface area (Å²) >= 11 is 5.77. The molecule has 0 fully saturated rings. The topological polar surface area (TPSA) is 121 Å². The van der Waals surface area contributed by atoms with E-state index in [1.807, 2.05) is 13.8 Å². The molecule has 15 heteroatoms. The number of aliphatic hydroxyl groups excluding tert-OH is 1. The minimum atomic E-state index is -4.97. The quantitative estimate of drug-likeness (QED) is 0.229. The first kappa shape index (κ1) is 30.3. The summed E-state index contributed by atoms with van der Waals surface area (Å²) in [6.07, 6.45) is -2.70. The van der Waals surface area contributed by atoms with E-state index in [-0.39, 0.29) is 29.7 Å². The van der Waals surface area contributed by atoms with Crippen LogP contribution in [-0.2, 0) is 12.5 Å². The Morgan fingerprint density at radius 3 is 2.55 bits per heavy atom. The Labute approximate surface area is 217 Å². The molecule has 204 valence electrons. The van der Waals surface area contributed by atoms with Gasteiger partial charge in [-0.3, -0.25) is 14.6 Å². The van der Waals surface area contributed by atoms with E-state index in [2.05, 4.69) is 4.98 Å². The Morgan fingerprint density at radius 1 is 1.29 bits per heavy atom. The number of nitrogens with zero attached hydrogens (tertiary/aromatic N) is 4. The molecule has 0 unspecified atom stereocenters. The van der Waals surface area contributed by atoms with Crippen LogP contribution in [0.5, 0.6) is 17.2 Å². The first-order chi connectivity index (χ1) is 18.0. The largest absolute Gasteiger partial charge is 0.485 e. The van der Waals surface area contributed by atoms with Crippen molar-refractivity contribution in [3.05, 3.63) is 74.9 Å². The fourth-order valence-corrected chi connectivity index (χ4v) is 3.10. The van der Waals surface area contributed by atoms with Crippen LogP contribution in [0.1, 0.15) is 30.8 Å². The zero-order chi connectivity index (χ0) is 28.6. The molecule has 0 saturated carbocycles. The molecule has 0 bridgehead atoms. The zero-order valence-electron chi connectivity index (χ0n) is 19.8. The van der Waals surface area contributed by atoms with Crippen LogP contribution in [0.25, 0.3) is 0 Å². The van der Waals surface area contributed by atoms with Crippen molar-refractivity contribution >= 4 is 11.6 Å². The Morgan fingerprint density at radius 2 is 1.97 bits per heavy atom. The maximum atomic E-state index is 14.5. The van der Waals surface area contributed by atoms with Gasteiger partial charge in [0.2, 0.25) is 5.75 Å². The van der Waals surface area contributed by atoms with Gasteiger partial charge in [-0.15, -0.1) is 0 Å². The van der Waals surface area contributed by atoms with Gasteiger partial charge in [0.15, 0.2) is 23.0 Å². The molecule has 1 aromatic carbocycles. The van der Waals surface area contributed by atoms with E-state index in [1.165, 1.54) is 18.2 Å². The molecule has 2 aromatic heterocycles. The fraction of sp³-hybridized carbons (Fsp3) is 0.304. The lowest BCUT2D eigenvalue weighted by molar-refractivity contribution is -0.909. The number of hydrogen-bond acceptors (Lipinski definition) is 7. The molecule has 3 rings (SSSR count). The third kappa shape index (κ3) is 6.67. The first-order valence-corrected chi connectivity index (χ1v) is 11.2. The number of hydrogen-bond donors (Lipinski definition) is 2. The molecular formula is C23H21ClF5N4O5+. The van der Waals surface area contributed by atoms with Crippen LogP contribution in [-0.4, -0.2) is 39.5 Å². The second-order valence-corrected chi connectivity index (χ2v) is 7.47. The van der Waals surface area contributed by atoms with Crippen molar-refractivity contribution in [1.82, 2.24) is 9.55 Å². The fourth-order valence-electron chi connectivity index (χ4n) is 2.90. The Balaban J connectivity index is 0.00000247. The summed E-state index contributed by atoms with van der Waals surface area (Å²) < 4.78 is 80.4. The van der Waals surface area contributed by atoms with Crippen LogP contribution in [0, 0.1) is 17.1 Å². The van der Waals surface area contributed by atoms with Gasteiger partial charge in [-0.2, -0.15) is 14.0 Å². The molecular weight excluding hydrogens is 543 g/mol. The van der Waals surface area contributed by atoms with Crippen LogP contribution >= 0.6 is 11.6 Å². The van der Waals surface area contributed by atoms with Gasteiger partial charge in [0.25, 0.3) is 17.5 Å². The van der Waals surface area contributed by atoms with Gasteiger partial charge >= 0.3 is 12.3 Å². The van der Waals surface area contributed by atoms with E-state index < -0.39 is 53.0 Å². The van der Waals surface area contributed by atoms with Crippen LogP contribution < -0.4 is 19.8 Å². The van der Waals surface area contributed by atoms with Gasteiger partial charge in [0, 0.05) is 21.9 Å². The summed E-state index contributed by atoms with van der Waals surface area (Å²) in [4.78, 5) is 16.2. The summed E-state index contributed by atoms with van der Waals surface area (Å²) in [5, 5.41) is 27.6. The predicted octanol–water partition coefficient (Wildman–Crippen LogP) is 4.03. The molecule has 0 saturated heterocycles. The number of alkyl halides is 4. The average Bonchev–Trinajstić information content (AvgIpc) is 2.89. The summed E-state index contributed by atoms with van der Waals surface area (Å²) in [5.41, 5.74) is -3.89. The van der Waals surface area contributed by atoms with Crippen molar-refractivity contribution in [3.63, 3.8) is 0 Å². The maximum Gasteiger partial charge on any atom is 0.352 e. The van der Waals surface area contributed by atoms with Crippen molar-refractivity contribution in [2.24, 2.45) is 0 Å². The van der Waals surface area contributed by atoms with Crippen LogP contribution in [0.3, 0.4) is 0 Å². The smallest absolute Gasteiger partial charge is 0.352 e. The highest BCUT2D eigenvalue weighted by Crippen LogP contribution is 2.39. The minimum Gasteiger partial charge on any atom is -0.485 e. The summed E-state index contributed by atoms with van der Waals surface area (Å²) in [5.74, 6) is -8.61. The second-order valence-electron chi connectivity index (χ2n) is 7.03. The number of nitriles is 1. The third-order valence-corrected chi connectivity index (χ3v) is 4.82. The Bertz CT molecular complexity index is 1380. The highest BCUT2D eigenvalue weighted by Gasteiger charge is 2.48. The van der Waals surface area contributed by atoms with Crippen molar-refractivity contribution in [3.8, 4) is 23.3 Å². The van der Waals surface area contributed by atoms with Gasteiger partial charge in [-0.05, 0) is 12.1 Å². The van der Waals surface area contributed by atoms with Gasteiger partial charge in [-0.1, -0.05) is 25.4 Å². The monoisotopic (exact) mass is 563 g/mol. The summed E-state index contributed by atoms with van der Waals surface area (Å²) in [6.45, 7) is 3.10. The molecule has 0 atom stereocenters. The predicted molar refractivity (Wildman–Crippen MR) is 121 cm³/mol. The van der Waals surface area contributed by atoms with E-state index in [4.69, 9.17) is 31.4 Å². The molecule has 0 radical (unpaired) electrons. The van der Waals surface area contributed by atoms with Gasteiger partial charge < -0.3 is 14.6 Å². The SMILES string of the molecule is CC.N#Cc1cc(Cl)cc(Oc2c(C(F)(F)C(F)F)ncn(Cc3ccc(OCCO)c[n+]3O)c2=O)c1F. The van der Waals surface area contributed by atoms with Gasteiger partial charge in [0.1, 0.15) is 19.2 Å². The lowest BCUT2D eigenvalue weighted by atomic mass is 10.2. The summed E-state index contributed by atoms with van der Waals surface area (Å²) in [7, 11) is 0. The molecule has 0 aliphatic rings. The second kappa shape index (κ2) is 13.0. The molecule has 2 heterocycles.